The second kappa shape index (κ2) is 3.92. The Kier molecular flexibility index (Phi) is 2.42. The lowest BCUT2D eigenvalue weighted by molar-refractivity contribution is 0.0690. The van der Waals surface area contributed by atoms with E-state index in [-0.39, 0.29) is 5.91 Å². The van der Waals surface area contributed by atoms with Crippen LogP contribution in [0.15, 0.2) is 10.6 Å². The van der Waals surface area contributed by atoms with Crippen molar-refractivity contribution < 1.29 is 9.21 Å². The molecule has 0 spiro atoms. The highest BCUT2D eigenvalue weighted by molar-refractivity contribution is 5.91. The summed E-state index contributed by atoms with van der Waals surface area (Å²) in [5, 5.41) is 0. The minimum atomic E-state index is 0.0131. The summed E-state index contributed by atoms with van der Waals surface area (Å²) in [5.74, 6) is 1.66. The van der Waals surface area contributed by atoms with Crippen molar-refractivity contribution in [3.05, 3.63) is 17.8 Å². The maximum absolute atomic E-state index is 12.0. The molecule has 1 amide bonds. The van der Waals surface area contributed by atoms with Crippen molar-refractivity contribution >= 4 is 5.91 Å². The first-order valence-electron chi connectivity index (χ1n) is 6.09. The molecule has 1 aromatic heterocycles. The summed E-state index contributed by atoms with van der Waals surface area (Å²) in [7, 11) is 0. The van der Waals surface area contributed by atoms with E-state index < -0.39 is 0 Å². The number of hydrogen-bond donors (Lipinski definition) is 0. The molecule has 1 aliphatic heterocycles. The van der Waals surface area contributed by atoms with Gasteiger partial charge >= 0.3 is 0 Å². The van der Waals surface area contributed by atoms with Gasteiger partial charge in [0, 0.05) is 19.0 Å². The number of oxazole rings is 1. The highest BCUT2D eigenvalue weighted by Crippen LogP contribution is 2.39. The van der Waals surface area contributed by atoms with E-state index >= 15 is 0 Å². The summed E-state index contributed by atoms with van der Waals surface area (Å²) in [6, 6.07) is 0. The van der Waals surface area contributed by atoms with Crippen LogP contribution in [-0.4, -0.2) is 28.9 Å². The second-order valence-corrected chi connectivity index (χ2v) is 4.69. The Hall–Kier alpha value is -1.32. The lowest BCUT2D eigenvalue weighted by atomic mass is 10.1. The Bertz CT molecular complexity index is 389. The molecule has 4 heteroatoms. The first-order chi connectivity index (χ1) is 7.84. The molecule has 2 aliphatic rings. The van der Waals surface area contributed by atoms with Gasteiger partial charge in [0.25, 0.3) is 5.91 Å². The molecule has 86 valence electrons. The van der Waals surface area contributed by atoms with Crippen LogP contribution in [0, 0.1) is 0 Å². The van der Waals surface area contributed by atoms with Gasteiger partial charge in [0.2, 0.25) is 5.76 Å². The summed E-state index contributed by atoms with van der Waals surface area (Å²) in [4.78, 5) is 18.1. The maximum Gasteiger partial charge on any atom is 0.291 e. The molecule has 16 heavy (non-hydrogen) atoms. The largest absolute Gasteiger partial charge is 0.435 e. The zero-order valence-corrected chi connectivity index (χ0v) is 9.32. The fraction of sp³-hybridized carbons (Fsp3) is 0.667. The van der Waals surface area contributed by atoms with Gasteiger partial charge in [-0.3, -0.25) is 4.79 Å². The maximum atomic E-state index is 12.0. The third-order valence-electron chi connectivity index (χ3n) is 3.30. The van der Waals surface area contributed by atoms with Gasteiger partial charge in [0.1, 0.15) is 0 Å². The number of rotatable bonds is 2. The Morgan fingerprint density at radius 2 is 2.06 bits per heavy atom. The van der Waals surface area contributed by atoms with Crippen LogP contribution in [0.25, 0.3) is 0 Å². The van der Waals surface area contributed by atoms with Gasteiger partial charge in [-0.1, -0.05) is 0 Å². The van der Waals surface area contributed by atoms with E-state index in [1.807, 2.05) is 4.90 Å². The normalized spacial score (nSPS) is 21.1. The lowest BCUT2D eigenvalue weighted by Gasteiger charge is -2.25. The number of aromatic nitrogens is 1. The molecular weight excluding hydrogens is 204 g/mol. The van der Waals surface area contributed by atoms with Crippen LogP contribution < -0.4 is 0 Å². The van der Waals surface area contributed by atoms with Gasteiger partial charge in [-0.15, -0.1) is 0 Å². The van der Waals surface area contributed by atoms with Crippen molar-refractivity contribution in [3.63, 3.8) is 0 Å². The molecule has 4 nitrogen and oxygen atoms in total. The van der Waals surface area contributed by atoms with Crippen molar-refractivity contribution in [2.45, 2.75) is 38.0 Å². The average Bonchev–Trinajstić information content (AvgIpc) is 3.08. The molecule has 3 rings (SSSR count). The first kappa shape index (κ1) is 9.87. The van der Waals surface area contributed by atoms with Crippen LogP contribution >= 0.6 is 0 Å². The molecular formula is C12H16N2O2. The molecule has 2 fully saturated rings. The van der Waals surface area contributed by atoms with Gasteiger partial charge in [-0.25, -0.2) is 4.98 Å². The van der Waals surface area contributed by atoms with Crippen LogP contribution in [-0.2, 0) is 0 Å². The number of carbonyl (C=O) groups excluding carboxylic acids is 1. The molecule has 1 saturated heterocycles. The van der Waals surface area contributed by atoms with E-state index in [1.165, 1.54) is 6.42 Å². The van der Waals surface area contributed by atoms with Crippen LogP contribution in [0.4, 0.5) is 0 Å². The summed E-state index contributed by atoms with van der Waals surface area (Å²) in [6.45, 7) is 1.72. The molecule has 1 saturated carbocycles. The molecule has 0 unspecified atom stereocenters. The molecule has 1 aliphatic carbocycles. The minimum Gasteiger partial charge on any atom is -0.435 e. The van der Waals surface area contributed by atoms with E-state index in [4.69, 9.17) is 4.42 Å². The molecule has 0 N–H and O–H groups in total. The molecule has 0 aromatic carbocycles. The Morgan fingerprint density at radius 1 is 1.31 bits per heavy atom. The van der Waals surface area contributed by atoms with Crippen LogP contribution in [0.2, 0.25) is 0 Å². The molecule has 0 radical (unpaired) electrons. The lowest BCUT2D eigenvalue weighted by Crippen LogP contribution is -2.35. The predicted octanol–water partition coefficient (Wildman–Crippen LogP) is 2.18. The third-order valence-corrected chi connectivity index (χ3v) is 3.30. The minimum absolute atomic E-state index is 0.0131. The molecule has 2 heterocycles. The number of nitrogens with zero attached hydrogens (tertiary/aromatic N) is 2. The Morgan fingerprint density at radius 3 is 2.75 bits per heavy atom. The van der Waals surface area contributed by atoms with Gasteiger partial charge in [0.15, 0.2) is 5.89 Å². The quantitative estimate of drug-likeness (QED) is 0.767. The summed E-state index contributed by atoms with van der Waals surface area (Å²) in [6.07, 6.45) is 7.33. The first-order valence-corrected chi connectivity index (χ1v) is 6.09. The number of likely N-dealkylation sites (tertiary alicyclic amines) is 1. The monoisotopic (exact) mass is 220 g/mol. The number of amides is 1. The SMILES string of the molecule is O=C(c1cnc(C2CC2)o1)N1CCCCC1. The van der Waals surface area contributed by atoms with E-state index in [1.54, 1.807) is 6.20 Å². The summed E-state index contributed by atoms with van der Waals surface area (Å²) in [5.41, 5.74) is 0. The van der Waals surface area contributed by atoms with Crippen molar-refractivity contribution in [2.75, 3.05) is 13.1 Å². The van der Waals surface area contributed by atoms with Crippen molar-refractivity contribution in [1.29, 1.82) is 0 Å². The standard InChI is InChI=1S/C12H16N2O2/c15-12(14-6-2-1-3-7-14)10-8-13-11(16-10)9-4-5-9/h8-9H,1-7H2. The molecule has 0 bridgehead atoms. The molecule has 1 aromatic rings. The van der Waals surface area contributed by atoms with Crippen LogP contribution in [0.1, 0.15) is 54.5 Å². The fourth-order valence-electron chi connectivity index (χ4n) is 2.16. The number of piperidine rings is 1. The smallest absolute Gasteiger partial charge is 0.291 e. The topological polar surface area (TPSA) is 46.3 Å². The van der Waals surface area contributed by atoms with Crippen molar-refractivity contribution in [2.24, 2.45) is 0 Å². The zero-order valence-electron chi connectivity index (χ0n) is 9.32. The highest BCUT2D eigenvalue weighted by Gasteiger charge is 2.30. The fourth-order valence-corrected chi connectivity index (χ4v) is 2.16. The van der Waals surface area contributed by atoms with Gasteiger partial charge in [0.05, 0.1) is 6.20 Å². The highest BCUT2D eigenvalue weighted by atomic mass is 16.4. The van der Waals surface area contributed by atoms with Gasteiger partial charge in [-0.2, -0.15) is 0 Å². The zero-order chi connectivity index (χ0) is 11.0. The van der Waals surface area contributed by atoms with Gasteiger partial charge in [-0.05, 0) is 32.1 Å². The van der Waals surface area contributed by atoms with E-state index in [0.29, 0.717) is 11.7 Å². The predicted molar refractivity (Wildman–Crippen MR) is 58.2 cm³/mol. The van der Waals surface area contributed by atoms with Crippen molar-refractivity contribution in [1.82, 2.24) is 9.88 Å². The Labute approximate surface area is 94.6 Å². The van der Waals surface area contributed by atoms with E-state index in [2.05, 4.69) is 4.98 Å². The van der Waals surface area contributed by atoms with E-state index in [0.717, 1.165) is 44.7 Å². The second-order valence-electron chi connectivity index (χ2n) is 4.69. The Balaban J connectivity index is 1.71. The number of hydrogen-bond acceptors (Lipinski definition) is 3. The average molecular weight is 220 g/mol. The van der Waals surface area contributed by atoms with Crippen LogP contribution in [0.5, 0.6) is 0 Å². The van der Waals surface area contributed by atoms with Crippen LogP contribution in [0.3, 0.4) is 0 Å². The van der Waals surface area contributed by atoms with Crippen molar-refractivity contribution in [3.8, 4) is 0 Å². The third kappa shape index (κ3) is 1.84. The summed E-state index contributed by atoms with van der Waals surface area (Å²) >= 11 is 0. The summed E-state index contributed by atoms with van der Waals surface area (Å²) < 4.78 is 5.52. The van der Waals surface area contributed by atoms with E-state index in [9.17, 15) is 4.79 Å². The molecule has 0 atom stereocenters. The van der Waals surface area contributed by atoms with Gasteiger partial charge < -0.3 is 9.32 Å². The number of carbonyl (C=O) groups is 1.